The number of hydrogen-bond donors (Lipinski definition) is 3. The number of rotatable bonds is 15. The van der Waals surface area contributed by atoms with E-state index in [0.29, 0.717) is 25.9 Å². The number of carbonyl (C=O) groups is 6. The number of likely N-dealkylation sites (tertiary alicyclic amines) is 2. The topological polar surface area (TPSA) is 177 Å². The van der Waals surface area contributed by atoms with Crippen LogP contribution in [0.1, 0.15) is 84.3 Å². The minimum Gasteiger partial charge on any atom is -0.461 e. The van der Waals surface area contributed by atoms with E-state index in [9.17, 15) is 28.8 Å². The van der Waals surface area contributed by atoms with Crippen LogP contribution in [0.2, 0.25) is 0 Å². The molecule has 2 fully saturated rings. The zero-order valence-corrected chi connectivity index (χ0v) is 32.3. The van der Waals surface area contributed by atoms with Crippen molar-refractivity contribution in [3.8, 4) is 0 Å². The van der Waals surface area contributed by atoms with Gasteiger partial charge in [0, 0.05) is 19.6 Å². The summed E-state index contributed by atoms with van der Waals surface area (Å²) in [7, 11) is 0. The Morgan fingerprint density at radius 3 is 1.93 bits per heavy atom. The first kappa shape index (κ1) is 42.0. The fourth-order valence-corrected chi connectivity index (χ4v) is 6.76. The van der Waals surface area contributed by atoms with Crippen molar-refractivity contribution in [2.24, 2.45) is 23.0 Å². The normalized spacial score (nSPS) is 19.0. The highest BCUT2D eigenvalue weighted by Gasteiger charge is 2.47. The van der Waals surface area contributed by atoms with Gasteiger partial charge in [0.1, 0.15) is 31.3 Å². The molecule has 294 valence electrons. The molecular formula is C41H57N5O8. The van der Waals surface area contributed by atoms with Crippen LogP contribution in [0.4, 0.5) is 0 Å². The molecule has 13 nitrogen and oxygen atoms in total. The van der Waals surface area contributed by atoms with Crippen LogP contribution in [0.5, 0.6) is 0 Å². The highest BCUT2D eigenvalue weighted by Crippen LogP contribution is 2.30. The van der Waals surface area contributed by atoms with E-state index in [1.165, 1.54) is 4.90 Å². The maximum Gasteiger partial charge on any atom is 0.328 e. The molecule has 0 spiro atoms. The molecule has 4 rings (SSSR count). The fourth-order valence-electron chi connectivity index (χ4n) is 6.76. The van der Waals surface area contributed by atoms with Gasteiger partial charge in [-0.3, -0.25) is 24.0 Å². The maximum absolute atomic E-state index is 14.5. The molecule has 2 aromatic carbocycles. The first-order chi connectivity index (χ1) is 25.6. The molecule has 0 bridgehead atoms. The van der Waals surface area contributed by atoms with Crippen LogP contribution in [0.25, 0.3) is 0 Å². The average Bonchev–Trinajstić information content (AvgIpc) is 3.70. The summed E-state index contributed by atoms with van der Waals surface area (Å²) in [5, 5.41) is 5.41. The summed E-state index contributed by atoms with van der Waals surface area (Å²) in [6.45, 7) is 10.4. The third kappa shape index (κ3) is 11.9. The Hall–Kier alpha value is -4.78. The predicted octanol–water partition coefficient (Wildman–Crippen LogP) is 3.48. The molecule has 4 amide bonds. The lowest BCUT2D eigenvalue weighted by Gasteiger charge is -2.43. The van der Waals surface area contributed by atoms with E-state index in [0.717, 1.165) is 24.0 Å². The molecular weight excluding hydrogens is 690 g/mol. The Morgan fingerprint density at radius 1 is 0.796 bits per heavy atom. The van der Waals surface area contributed by atoms with Crippen LogP contribution < -0.4 is 16.4 Å². The Morgan fingerprint density at radius 2 is 1.37 bits per heavy atom. The first-order valence-corrected chi connectivity index (χ1v) is 19.0. The SMILES string of the molecule is CC(C)C[C@H](NC(=O)[C@H](CC(=O)OCc1ccccc1)NC(=O)[C@@H]1[C@@H](C(=O)N2CCCC2)CCCN1C(=O)[C@@H](N)C(C)(C)C)C(=O)OCc1ccccc1. The quantitative estimate of drug-likeness (QED) is 0.230. The Bertz CT molecular complexity index is 1590. The lowest BCUT2D eigenvalue weighted by molar-refractivity contribution is -0.155. The zero-order chi connectivity index (χ0) is 39.4. The van der Waals surface area contributed by atoms with E-state index in [-0.39, 0.29) is 38.0 Å². The standard InChI is InChI=1S/C41H57N5O8/c1-27(2)23-32(40(52)54-26-29-17-10-7-11-18-29)44-36(48)31(24-33(47)53-25-28-15-8-6-9-16-28)43-37(49)34-30(38(50)45-20-12-13-21-45)19-14-22-46(34)39(51)35(42)41(3,4)5/h6-11,15-18,27,30-32,34-35H,12-14,19-26,42H2,1-5H3,(H,43,49)(H,44,48)/t30-,31-,32-,34-,35+/m0/s1. The van der Waals surface area contributed by atoms with E-state index in [1.54, 1.807) is 29.2 Å². The molecule has 0 saturated carbocycles. The van der Waals surface area contributed by atoms with Gasteiger partial charge >= 0.3 is 11.9 Å². The monoisotopic (exact) mass is 747 g/mol. The molecule has 4 N–H and O–H groups in total. The van der Waals surface area contributed by atoms with Crippen LogP contribution >= 0.6 is 0 Å². The highest BCUT2D eigenvalue weighted by atomic mass is 16.5. The molecule has 5 atom stereocenters. The molecule has 2 aromatic rings. The Balaban J connectivity index is 1.62. The van der Waals surface area contributed by atoms with E-state index in [4.69, 9.17) is 15.2 Å². The van der Waals surface area contributed by atoms with Gasteiger partial charge in [-0.05, 0) is 54.6 Å². The van der Waals surface area contributed by atoms with Crippen molar-refractivity contribution in [2.75, 3.05) is 19.6 Å². The van der Waals surface area contributed by atoms with Gasteiger partial charge in [0.15, 0.2) is 0 Å². The van der Waals surface area contributed by atoms with Gasteiger partial charge in [-0.2, -0.15) is 0 Å². The second-order valence-electron chi connectivity index (χ2n) is 15.8. The molecule has 0 radical (unpaired) electrons. The van der Waals surface area contributed by atoms with Crippen molar-refractivity contribution in [3.05, 3.63) is 71.8 Å². The van der Waals surface area contributed by atoms with Crippen molar-refractivity contribution in [1.82, 2.24) is 20.4 Å². The van der Waals surface area contributed by atoms with Gasteiger partial charge in [-0.1, -0.05) is 95.3 Å². The summed E-state index contributed by atoms with van der Waals surface area (Å²) in [5.41, 5.74) is 7.27. The number of nitrogens with one attached hydrogen (secondary N) is 2. The molecule has 2 aliphatic heterocycles. The summed E-state index contributed by atoms with van der Waals surface area (Å²) < 4.78 is 11.1. The third-order valence-electron chi connectivity index (χ3n) is 9.90. The van der Waals surface area contributed by atoms with Crippen molar-refractivity contribution >= 4 is 35.6 Å². The number of nitrogens with two attached hydrogens (primary N) is 1. The first-order valence-electron chi connectivity index (χ1n) is 19.0. The van der Waals surface area contributed by atoms with Crippen LogP contribution in [0, 0.1) is 17.3 Å². The molecule has 0 unspecified atom stereocenters. The number of ether oxygens (including phenoxy) is 2. The van der Waals surface area contributed by atoms with Crippen molar-refractivity contribution in [1.29, 1.82) is 0 Å². The second kappa shape index (κ2) is 19.5. The predicted molar refractivity (Wildman–Crippen MR) is 202 cm³/mol. The van der Waals surface area contributed by atoms with E-state index >= 15 is 0 Å². The molecule has 54 heavy (non-hydrogen) atoms. The maximum atomic E-state index is 14.5. The lowest BCUT2D eigenvalue weighted by atomic mass is 9.83. The third-order valence-corrected chi connectivity index (χ3v) is 9.90. The number of hydrogen-bond acceptors (Lipinski definition) is 9. The highest BCUT2D eigenvalue weighted by molar-refractivity contribution is 5.98. The van der Waals surface area contributed by atoms with Crippen LogP contribution in [-0.4, -0.2) is 89.2 Å². The summed E-state index contributed by atoms with van der Waals surface area (Å²) >= 11 is 0. The minimum absolute atomic E-state index is 0.00913. The molecule has 2 heterocycles. The zero-order valence-electron chi connectivity index (χ0n) is 32.3. The van der Waals surface area contributed by atoms with Crippen molar-refractivity contribution in [3.63, 3.8) is 0 Å². The molecule has 2 aliphatic rings. The second-order valence-corrected chi connectivity index (χ2v) is 15.8. The van der Waals surface area contributed by atoms with Gasteiger partial charge in [0.25, 0.3) is 0 Å². The summed E-state index contributed by atoms with van der Waals surface area (Å²) in [4.78, 5) is 86.2. The number of esters is 2. The summed E-state index contributed by atoms with van der Waals surface area (Å²) in [6.07, 6.45) is 2.15. The molecule has 13 heteroatoms. The summed E-state index contributed by atoms with van der Waals surface area (Å²) in [5.74, 6) is -4.68. The fraction of sp³-hybridized carbons (Fsp3) is 0.561. The van der Waals surface area contributed by atoms with Gasteiger partial charge < -0.3 is 35.6 Å². The van der Waals surface area contributed by atoms with Gasteiger partial charge in [-0.15, -0.1) is 0 Å². The Kier molecular flexibility index (Phi) is 15.2. The number of amides is 4. The number of nitrogens with zero attached hydrogens (tertiary/aromatic N) is 2. The molecule has 2 saturated heterocycles. The van der Waals surface area contributed by atoms with Gasteiger partial charge in [0.2, 0.25) is 23.6 Å². The van der Waals surface area contributed by atoms with Crippen molar-refractivity contribution < 1.29 is 38.2 Å². The van der Waals surface area contributed by atoms with E-state index < -0.39 is 71.6 Å². The number of benzene rings is 2. The number of piperidine rings is 1. The minimum atomic E-state index is -1.52. The smallest absolute Gasteiger partial charge is 0.328 e. The molecule has 0 aliphatic carbocycles. The van der Waals surface area contributed by atoms with Crippen LogP contribution in [-0.2, 0) is 51.5 Å². The largest absolute Gasteiger partial charge is 0.461 e. The lowest BCUT2D eigenvalue weighted by Crippen LogP contribution is -2.65. The van der Waals surface area contributed by atoms with Crippen molar-refractivity contribution in [2.45, 2.75) is 111 Å². The van der Waals surface area contributed by atoms with E-state index in [2.05, 4.69) is 10.6 Å². The van der Waals surface area contributed by atoms with E-state index in [1.807, 2.05) is 71.0 Å². The Labute approximate surface area is 318 Å². The molecule has 0 aromatic heterocycles. The van der Waals surface area contributed by atoms with Crippen LogP contribution in [0.3, 0.4) is 0 Å². The average molecular weight is 748 g/mol. The summed E-state index contributed by atoms with van der Waals surface area (Å²) in [6, 6.07) is 13.2. The van der Waals surface area contributed by atoms with Gasteiger partial charge in [0.05, 0.1) is 18.4 Å². The van der Waals surface area contributed by atoms with Gasteiger partial charge in [-0.25, -0.2) is 4.79 Å². The number of carbonyl (C=O) groups excluding carboxylic acids is 6. The van der Waals surface area contributed by atoms with Crippen LogP contribution in [0.15, 0.2) is 60.7 Å².